The number of aliphatic hydroxyl groups excluding tert-OH is 1. The van der Waals surface area contributed by atoms with E-state index in [9.17, 15) is 19.4 Å². The van der Waals surface area contributed by atoms with E-state index in [-0.39, 0.29) is 25.7 Å². The molecular formula is C42H85N2O6P. The summed E-state index contributed by atoms with van der Waals surface area (Å²) in [5, 5.41) is 13.8. The molecule has 9 heteroatoms. The van der Waals surface area contributed by atoms with Gasteiger partial charge in [-0.25, -0.2) is 4.57 Å². The van der Waals surface area contributed by atoms with Crippen LogP contribution in [0.2, 0.25) is 0 Å². The van der Waals surface area contributed by atoms with E-state index in [1.807, 2.05) is 0 Å². The molecule has 0 aromatic carbocycles. The molecule has 0 heterocycles. The van der Waals surface area contributed by atoms with Crippen molar-refractivity contribution in [1.29, 1.82) is 0 Å². The zero-order valence-electron chi connectivity index (χ0n) is 33.6. The van der Waals surface area contributed by atoms with Crippen molar-refractivity contribution in [2.24, 2.45) is 5.73 Å². The molecule has 0 fully saturated rings. The lowest BCUT2D eigenvalue weighted by atomic mass is 10.0. The van der Waals surface area contributed by atoms with Crippen molar-refractivity contribution in [3.63, 3.8) is 0 Å². The highest BCUT2D eigenvalue weighted by Crippen LogP contribution is 2.43. The maximum absolute atomic E-state index is 12.8. The fourth-order valence-corrected chi connectivity index (χ4v) is 7.30. The monoisotopic (exact) mass is 745 g/mol. The third kappa shape index (κ3) is 37.4. The van der Waals surface area contributed by atoms with E-state index in [0.717, 1.165) is 38.5 Å². The zero-order chi connectivity index (χ0) is 37.5. The van der Waals surface area contributed by atoms with Gasteiger partial charge < -0.3 is 21.1 Å². The summed E-state index contributed by atoms with van der Waals surface area (Å²) < 4.78 is 22.2. The molecule has 0 saturated heterocycles. The smallest absolute Gasteiger partial charge is 0.391 e. The molecule has 0 aliphatic heterocycles. The average Bonchev–Trinajstić information content (AvgIpc) is 3.12. The predicted molar refractivity (Wildman–Crippen MR) is 217 cm³/mol. The van der Waals surface area contributed by atoms with Crippen LogP contribution in [0.3, 0.4) is 0 Å². The molecule has 1 amide bonds. The van der Waals surface area contributed by atoms with Crippen molar-refractivity contribution in [2.75, 3.05) is 19.8 Å². The van der Waals surface area contributed by atoms with Crippen LogP contribution < -0.4 is 11.1 Å². The number of nitrogens with one attached hydrogen (secondary N) is 1. The molecule has 0 spiro atoms. The number of phosphoric ester groups is 1. The summed E-state index contributed by atoms with van der Waals surface area (Å²) in [7, 11) is -4.31. The molecule has 0 saturated carbocycles. The summed E-state index contributed by atoms with van der Waals surface area (Å²) in [4.78, 5) is 22.7. The summed E-state index contributed by atoms with van der Waals surface area (Å²) >= 11 is 0. The van der Waals surface area contributed by atoms with Crippen LogP contribution in [0.5, 0.6) is 0 Å². The molecule has 51 heavy (non-hydrogen) atoms. The molecule has 0 bridgehead atoms. The predicted octanol–water partition coefficient (Wildman–Crippen LogP) is 12.0. The Hall–Kier alpha value is -0.760. The van der Waals surface area contributed by atoms with Crippen molar-refractivity contribution in [1.82, 2.24) is 5.32 Å². The first-order valence-electron chi connectivity index (χ1n) is 21.8. The summed E-state index contributed by atoms with van der Waals surface area (Å²) in [5.74, 6) is -0.164. The van der Waals surface area contributed by atoms with Gasteiger partial charge in [-0.05, 0) is 38.5 Å². The third-order valence-electron chi connectivity index (χ3n) is 9.87. The quantitative estimate of drug-likeness (QED) is 0.0278. The number of carbonyl (C=O) groups excluding carboxylic acids is 1. The number of phosphoric acid groups is 1. The van der Waals surface area contributed by atoms with Crippen molar-refractivity contribution in [3.05, 3.63) is 12.2 Å². The van der Waals surface area contributed by atoms with Gasteiger partial charge in [-0.3, -0.25) is 13.8 Å². The highest BCUT2D eigenvalue weighted by Gasteiger charge is 2.27. The lowest BCUT2D eigenvalue weighted by molar-refractivity contribution is -0.123. The van der Waals surface area contributed by atoms with E-state index in [1.165, 1.54) is 154 Å². The van der Waals surface area contributed by atoms with Gasteiger partial charge in [0.25, 0.3) is 0 Å². The van der Waals surface area contributed by atoms with Crippen molar-refractivity contribution >= 4 is 13.7 Å². The van der Waals surface area contributed by atoms with Gasteiger partial charge in [0.15, 0.2) is 0 Å². The van der Waals surface area contributed by atoms with Crippen molar-refractivity contribution in [2.45, 2.75) is 231 Å². The number of allylic oxidation sites excluding steroid dienone is 2. The molecule has 0 aromatic heterocycles. The van der Waals surface area contributed by atoms with Gasteiger partial charge >= 0.3 is 7.82 Å². The molecule has 3 unspecified atom stereocenters. The Balaban J connectivity index is 4.14. The standard InChI is InChI=1S/C42H85N2O6P/c1-3-5-7-9-11-13-15-17-19-20-21-22-24-26-28-30-32-34-36-42(46)44-40(39-50-51(47,48)49-38-37-43)41(45)35-33-31-29-27-25-23-18-16-14-12-10-8-6-4-2/h19-20,40-41,45H,3-18,21-39,43H2,1-2H3,(H,44,46)(H,47,48)/b20-19-. The number of hydrogen-bond acceptors (Lipinski definition) is 6. The maximum atomic E-state index is 12.8. The third-order valence-corrected chi connectivity index (χ3v) is 10.9. The summed E-state index contributed by atoms with van der Waals surface area (Å²) in [6.07, 6.45) is 42.1. The number of amides is 1. The Kier molecular flexibility index (Phi) is 38.4. The first-order valence-corrected chi connectivity index (χ1v) is 23.3. The Morgan fingerprint density at radius 3 is 1.45 bits per heavy atom. The molecule has 304 valence electrons. The summed E-state index contributed by atoms with van der Waals surface area (Å²) in [6.45, 7) is 4.22. The molecule has 0 radical (unpaired) electrons. The number of unbranched alkanes of at least 4 members (excludes halogenated alkanes) is 27. The number of hydrogen-bond donors (Lipinski definition) is 4. The fourth-order valence-electron chi connectivity index (χ4n) is 6.54. The van der Waals surface area contributed by atoms with Crippen LogP contribution in [-0.2, 0) is 18.4 Å². The van der Waals surface area contributed by atoms with Crippen LogP contribution in [-0.4, -0.2) is 47.8 Å². The molecule has 0 rings (SSSR count). The van der Waals surface area contributed by atoms with E-state index in [1.54, 1.807) is 0 Å². The zero-order valence-corrected chi connectivity index (χ0v) is 34.5. The Labute approximate surface area is 315 Å². The summed E-state index contributed by atoms with van der Waals surface area (Å²) in [6, 6.07) is -0.772. The van der Waals surface area contributed by atoms with Gasteiger partial charge in [-0.2, -0.15) is 0 Å². The highest BCUT2D eigenvalue weighted by atomic mass is 31.2. The van der Waals surface area contributed by atoms with E-state index in [0.29, 0.717) is 12.8 Å². The molecule has 0 aliphatic carbocycles. The summed E-state index contributed by atoms with van der Waals surface area (Å²) in [5.41, 5.74) is 5.38. The number of nitrogens with two attached hydrogens (primary N) is 1. The van der Waals surface area contributed by atoms with Crippen molar-refractivity contribution < 1.29 is 28.4 Å². The largest absolute Gasteiger partial charge is 0.472 e. The minimum absolute atomic E-state index is 0.0899. The normalized spacial score (nSPS) is 14.2. The van der Waals surface area contributed by atoms with E-state index in [4.69, 9.17) is 14.8 Å². The van der Waals surface area contributed by atoms with Crippen LogP contribution in [0.25, 0.3) is 0 Å². The van der Waals surface area contributed by atoms with Crippen LogP contribution >= 0.6 is 7.82 Å². The second kappa shape index (κ2) is 38.9. The van der Waals surface area contributed by atoms with E-state index >= 15 is 0 Å². The van der Waals surface area contributed by atoms with E-state index in [2.05, 4.69) is 31.3 Å². The van der Waals surface area contributed by atoms with Crippen LogP contribution in [0.4, 0.5) is 0 Å². The van der Waals surface area contributed by atoms with Gasteiger partial charge in [-0.15, -0.1) is 0 Å². The highest BCUT2D eigenvalue weighted by molar-refractivity contribution is 7.47. The molecule has 0 aromatic rings. The number of carbonyl (C=O) groups is 1. The van der Waals surface area contributed by atoms with Gasteiger partial charge in [0, 0.05) is 13.0 Å². The van der Waals surface area contributed by atoms with Crippen LogP contribution in [0, 0.1) is 0 Å². The fraction of sp³-hybridized carbons (Fsp3) is 0.929. The minimum Gasteiger partial charge on any atom is -0.391 e. The molecular weight excluding hydrogens is 659 g/mol. The lowest BCUT2D eigenvalue weighted by Crippen LogP contribution is -2.46. The lowest BCUT2D eigenvalue weighted by Gasteiger charge is -2.25. The van der Waals surface area contributed by atoms with Crippen LogP contribution in [0.1, 0.15) is 219 Å². The van der Waals surface area contributed by atoms with Gasteiger partial charge in [0.05, 0.1) is 25.4 Å². The van der Waals surface area contributed by atoms with Crippen LogP contribution in [0.15, 0.2) is 12.2 Å². The Morgan fingerprint density at radius 2 is 1.02 bits per heavy atom. The maximum Gasteiger partial charge on any atom is 0.472 e. The van der Waals surface area contributed by atoms with Crippen molar-refractivity contribution in [3.8, 4) is 0 Å². The minimum atomic E-state index is -4.31. The van der Waals surface area contributed by atoms with Gasteiger partial charge in [0.1, 0.15) is 0 Å². The molecule has 8 nitrogen and oxygen atoms in total. The van der Waals surface area contributed by atoms with E-state index < -0.39 is 20.0 Å². The molecule has 5 N–H and O–H groups in total. The number of aliphatic hydroxyl groups is 1. The average molecular weight is 745 g/mol. The first kappa shape index (κ1) is 50.2. The molecule has 3 atom stereocenters. The molecule has 0 aliphatic rings. The number of rotatable bonds is 41. The topological polar surface area (TPSA) is 131 Å². The first-order chi connectivity index (χ1) is 24.9. The van der Waals surface area contributed by atoms with Gasteiger partial charge in [-0.1, -0.05) is 187 Å². The second-order valence-corrected chi connectivity index (χ2v) is 16.4. The van der Waals surface area contributed by atoms with Gasteiger partial charge in [0.2, 0.25) is 5.91 Å². The SMILES string of the molecule is CCCCCCCCC/C=C\CCCCCCCCCC(=O)NC(COP(=O)(O)OCCN)C(O)CCCCCCCCCCCCCCCC. The Morgan fingerprint density at radius 1 is 0.627 bits per heavy atom. The second-order valence-electron chi connectivity index (χ2n) is 14.9. The Bertz CT molecular complexity index is 814.